The first-order valence-corrected chi connectivity index (χ1v) is 8.72. The number of fused-ring (bicyclic) bond motifs is 1. The highest BCUT2D eigenvalue weighted by atomic mass is 16.5. The van der Waals surface area contributed by atoms with E-state index in [1.807, 2.05) is 24.8 Å². The van der Waals surface area contributed by atoms with Crippen molar-refractivity contribution in [2.75, 3.05) is 32.9 Å². The summed E-state index contributed by atoms with van der Waals surface area (Å²) in [6.45, 7) is 10.8. The lowest BCUT2D eigenvalue weighted by atomic mass is 9.73. The Kier molecular flexibility index (Phi) is 5.11. The van der Waals surface area contributed by atoms with E-state index in [1.54, 1.807) is 6.08 Å². The summed E-state index contributed by atoms with van der Waals surface area (Å²) in [5, 5.41) is 0. The zero-order valence-electron chi connectivity index (χ0n) is 14.7. The highest BCUT2D eigenvalue weighted by molar-refractivity contribution is 5.95. The minimum atomic E-state index is -0.109. The predicted octanol–water partition coefficient (Wildman–Crippen LogP) is 3.11. The molecule has 3 heterocycles. The monoisotopic (exact) mass is 333 g/mol. The van der Waals surface area contributed by atoms with E-state index in [0.29, 0.717) is 31.1 Å². The van der Waals surface area contributed by atoms with Crippen molar-refractivity contribution in [1.29, 1.82) is 0 Å². The first-order chi connectivity index (χ1) is 11.6. The molecule has 1 aromatic heterocycles. The van der Waals surface area contributed by atoms with E-state index in [4.69, 9.17) is 13.9 Å². The molecule has 24 heavy (non-hydrogen) atoms. The van der Waals surface area contributed by atoms with Crippen LogP contribution < -0.4 is 0 Å². The number of rotatable bonds is 5. The van der Waals surface area contributed by atoms with Gasteiger partial charge in [-0.15, -0.1) is 6.58 Å². The van der Waals surface area contributed by atoms with Crippen molar-refractivity contribution >= 4 is 5.91 Å². The molecule has 2 aliphatic rings. The SMILES string of the molecule is C=CCOCC12CCCOC1CCN(C(=O)c1cc(C)oc1C)C2. The first-order valence-electron chi connectivity index (χ1n) is 8.72. The van der Waals surface area contributed by atoms with E-state index in [9.17, 15) is 4.79 Å². The van der Waals surface area contributed by atoms with Crippen LogP contribution in [0.5, 0.6) is 0 Å². The van der Waals surface area contributed by atoms with E-state index < -0.39 is 0 Å². The van der Waals surface area contributed by atoms with Gasteiger partial charge in [0, 0.05) is 25.1 Å². The van der Waals surface area contributed by atoms with Crippen molar-refractivity contribution in [3.05, 3.63) is 35.8 Å². The average Bonchev–Trinajstić information content (AvgIpc) is 2.92. The highest BCUT2D eigenvalue weighted by Gasteiger charge is 2.47. The van der Waals surface area contributed by atoms with Gasteiger partial charge in [0.2, 0.25) is 0 Å². The standard InChI is InChI=1S/C19H27NO4/c1-4-9-22-13-19-7-5-10-23-17(19)6-8-20(12-19)18(21)16-11-14(2)24-15(16)3/h4,11,17H,1,5-10,12-13H2,2-3H3. The average molecular weight is 333 g/mol. The molecule has 1 aromatic rings. The summed E-state index contributed by atoms with van der Waals surface area (Å²) >= 11 is 0. The van der Waals surface area contributed by atoms with Gasteiger partial charge in [0.1, 0.15) is 11.5 Å². The Morgan fingerprint density at radius 2 is 2.38 bits per heavy atom. The molecule has 3 rings (SSSR count). The molecule has 2 aliphatic heterocycles. The third kappa shape index (κ3) is 3.28. The van der Waals surface area contributed by atoms with E-state index in [2.05, 4.69) is 6.58 Å². The Bertz CT molecular complexity index is 609. The molecule has 5 heteroatoms. The number of hydrogen-bond acceptors (Lipinski definition) is 4. The van der Waals surface area contributed by atoms with Gasteiger partial charge in [0.05, 0.1) is 24.9 Å². The molecule has 2 atom stereocenters. The van der Waals surface area contributed by atoms with Crippen LogP contribution in [0.25, 0.3) is 0 Å². The molecule has 2 unspecified atom stereocenters. The van der Waals surface area contributed by atoms with Gasteiger partial charge in [-0.3, -0.25) is 4.79 Å². The quantitative estimate of drug-likeness (QED) is 0.614. The van der Waals surface area contributed by atoms with Gasteiger partial charge in [-0.05, 0) is 39.2 Å². The summed E-state index contributed by atoms with van der Waals surface area (Å²) in [7, 11) is 0. The van der Waals surface area contributed by atoms with Crippen LogP contribution in [0.3, 0.4) is 0 Å². The fraction of sp³-hybridized carbons (Fsp3) is 0.632. The Labute approximate surface area is 143 Å². The first kappa shape index (κ1) is 17.2. The number of carbonyl (C=O) groups is 1. The summed E-state index contributed by atoms with van der Waals surface area (Å²) in [4.78, 5) is 14.9. The smallest absolute Gasteiger partial charge is 0.257 e. The lowest BCUT2D eigenvalue weighted by Crippen LogP contribution is -2.58. The molecule has 0 aromatic carbocycles. The number of amides is 1. The van der Waals surface area contributed by atoms with Crippen LogP contribution in [0.4, 0.5) is 0 Å². The number of aryl methyl sites for hydroxylation is 2. The number of hydrogen-bond donors (Lipinski definition) is 0. The van der Waals surface area contributed by atoms with Gasteiger partial charge in [-0.25, -0.2) is 0 Å². The third-order valence-corrected chi connectivity index (χ3v) is 5.17. The lowest BCUT2D eigenvalue weighted by Gasteiger charge is -2.50. The molecule has 0 aliphatic carbocycles. The maximum atomic E-state index is 12.9. The second-order valence-electron chi connectivity index (χ2n) is 6.97. The summed E-state index contributed by atoms with van der Waals surface area (Å²) in [6.07, 6.45) is 4.84. The maximum Gasteiger partial charge on any atom is 0.257 e. The minimum Gasteiger partial charge on any atom is -0.466 e. The summed E-state index contributed by atoms with van der Waals surface area (Å²) < 4.78 is 17.3. The number of nitrogens with zero attached hydrogens (tertiary/aromatic N) is 1. The molecule has 2 fully saturated rings. The largest absolute Gasteiger partial charge is 0.466 e. The van der Waals surface area contributed by atoms with Crippen LogP contribution in [0.1, 0.15) is 41.1 Å². The summed E-state index contributed by atoms with van der Waals surface area (Å²) in [5.41, 5.74) is 0.562. The van der Waals surface area contributed by atoms with Gasteiger partial charge in [0.15, 0.2) is 0 Å². The van der Waals surface area contributed by atoms with E-state index in [-0.39, 0.29) is 17.4 Å². The van der Waals surface area contributed by atoms with E-state index >= 15 is 0 Å². The predicted molar refractivity (Wildman–Crippen MR) is 91.1 cm³/mol. The van der Waals surface area contributed by atoms with Gasteiger partial charge < -0.3 is 18.8 Å². The maximum absolute atomic E-state index is 12.9. The molecule has 132 valence electrons. The molecule has 0 radical (unpaired) electrons. The summed E-state index contributed by atoms with van der Waals surface area (Å²) in [5.74, 6) is 1.52. The van der Waals surface area contributed by atoms with E-state index in [1.165, 1.54) is 0 Å². The van der Waals surface area contributed by atoms with Crippen molar-refractivity contribution < 1.29 is 18.7 Å². The molecule has 2 saturated heterocycles. The second-order valence-corrected chi connectivity index (χ2v) is 6.97. The Hall–Kier alpha value is -1.59. The normalized spacial score (nSPS) is 26.9. The molecule has 5 nitrogen and oxygen atoms in total. The van der Waals surface area contributed by atoms with Gasteiger partial charge in [0.25, 0.3) is 5.91 Å². The topological polar surface area (TPSA) is 51.9 Å². The molecule has 0 spiro atoms. The van der Waals surface area contributed by atoms with E-state index in [0.717, 1.165) is 38.2 Å². The van der Waals surface area contributed by atoms with Crippen LogP contribution in [0.15, 0.2) is 23.1 Å². The van der Waals surface area contributed by atoms with Gasteiger partial charge in [-0.2, -0.15) is 0 Å². The number of carbonyl (C=O) groups excluding carboxylic acids is 1. The minimum absolute atomic E-state index is 0.0523. The number of likely N-dealkylation sites (tertiary alicyclic amines) is 1. The van der Waals surface area contributed by atoms with Crippen molar-refractivity contribution in [3.8, 4) is 0 Å². The second kappa shape index (κ2) is 7.11. The third-order valence-electron chi connectivity index (χ3n) is 5.17. The van der Waals surface area contributed by atoms with Crippen LogP contribution >= 0.6 is 0 Å². The number of ether oxygens (including phenoxy) is 2. The van der Waals surface area contributed by atoms with Crippen LogP contribution in [-0.2, 0) is 9.47 Å². The molecular formula is C19H27NO4. The van der Waals surface area contributed by atoms with Gasteiger partial charge in [-0.1, -0.05) is 6.08 Å². The molecule has 0 N–H and O–H groups in total. The highest BCUT2D eigenvalue weighted by Crippen LogP contribution is 2.41. The lowest BCUT2D eigenvalue weighted by molar-refractivity contribution is -0.144. The molecule has 0 saturated carbocycles. The molecule has 1 amide bonds. The zero-order valence-corrected chi connectivity index (χ0v) is 14.7. The van der Waals surface area contributed by atoms with Crippen LogP contribution in [0, 0.1) is 19.3 Å². The Balaban J connectivity index is 1.77. The van der Waals surface area contributed by atoms with Crippen LogP contribution in [-0.4, -0.2) is 49.8 Å². The number of piperidine rings is 1. The fourth-order valence-corrected chi connectivity index (χ4v) is 4.03. The molecular weight excluding hydrogens is 306 g/mol. The Morgan fingerprint density at radius 3 is 3.08 bits per heavy atom. The fourth-order valence-electron chi connectivity index (χ4n) is 4.03. The zero-order chi connectivity index (χ0) is 17.2. The van der Waals surface area contributed by atoms with Crippen LogP contribution in [0.2, 0.25) is 0 Å². The Morgan fingerprint density at radius 1 is 1.54 bits per heavy atom. The van der Waals surface area contributed by atoms with Crippen molar-refractivity contribution in [3.63, 3.8) is 0 Å². The van der Waals surface area contributed by atoms with Crippen molar-refractivity contribution in [2.24, 2.45) is 5.41 Å². The summed E-state index contributed by atoms with van der Waals surface area (Å²) in [6, 6.07) is 1.84. The van der Waals surface area contributed by atoms with Crippen molar-refractivity contribution in [1.82, 2.24) is 4.90 Å². The number of furan rings is 1. The molecule has 0 bridgehead atoms. The van der Waals surface area contributed by atoms with Crippen molar-refractivity contribution in [2.45, 2.75) is 39.2 Å². The van der Waals surface area contributed by atoms with Gasteiger partial charge >= 0.3 is 0 Å².